The van der Waals surface area contributed by atoms with Gasteiger partial charge in [0.25, 0.3) is 0 Å². The summed E-state index contributed by atoms with van der Waals surface area (Å²) in [5.41, 5.74) is 0.687. The molecule has 1 aromatic heterocycles. The number of hydrogen-bond donors (Lipinski definition) is 3. The van der Waals surface area contributed by atoms with E-state index < -0.39 is 0 Å². The number of phenols is 1. The molecule has 0 saturated heterocycles. The summed E-state index contributed by atoms with van der Waals surface area (Å²) in [6.07, 6.45) is 0. The Morgan fingerprint density at radius 1 is 1.50 bits per heavy atom. The van der Waals surface area contributed by atoms with E-state index >= 15 is 0 Å². The zero-order valence-electron chi connectivity index (χ0n) is 6.11. The molecule has 0 fully saturated rings. The van der Waals surface area contributed by atoms with E-state index in [4.69, 9.17) is 5.84 Å². The number of benzene rings is 1. The summed E-state index contributed by atoms with van der Waals surface area (Å²) in [5, 5.41) is 12.9. The van der Waals surface area contributed by atoms with Crippen LogP contribution in [0.15, 0.2) is 23.3 Å². The van der Waals surface area contributed by atoms with Gasteiger partial charge < -0.3 is 15.9 Å². The Labute approximate surface area is 72.0 Å². The van der Waals surface area contributed by atoms with Crippen LogP contribution < -0.4 is 10.6 Å². The zero-order chi connectivity index (χ0) is 8.55. The molecule has 4 N–H and O–H groups in total. The minimum absolute atomic E-state index is 0.221. The molecule has 0 bridgehead atoms. The van der Waals surface area contributed by atoms with Crippen LogP contribution >= 0.6 is 11.3 Å². The van der Waals surface area contributed by atoms with Gasteiger partial charge in [0.2, 0.25) is 4.80 Å². The van der Waals surface area contributed by atoms with Crippen molar-refractivity contribution in [2.24, 2.45) is 10.9 Å². The predicted octanol–water partition coefficient (Wildman–Crippen LogP) is 0.709. The number of nitrogens with one attached hydrogen (secondary N) is 1. The topological polar surface area (TPSA) is 74.4 Å². The summed E-state index contributed by atoms with van der Waals surface area (Å²) in [4.78, 5) is 3.49. The molecule has 0 radical (unpaired) electrons. The van der Waals surface area contributed by atoms with E-state index in [2.05, 4.69) is 10.1 Å². The number of fused-ring (bicyclic) bond motifs is 1. The highest BCUT2D eigenvalue weighted by Crippen LogP contribution is 2.22. The first-order chi connectivity index (χ1) is 5.81. The van der Waals surface area contributed by atoms with Crippen LogP contribution in [-0.2, 0) is 0 Å². The molecular weight excluding hydrogens is 174 g/mol. The van der Waals surface area contributed by atoms with E-state index in [1.165, 1.54) is 11.3 Å². The second-order valence-electron chi connectivity index (χ2n) is 2.31. The molecule has 0 saturated carbocycles. The molecule has 4 nitrogen and oxygen atoms in total. The number of nitrogens with zero attached hydrogens (tertiary/aromatic N) is 1. The number of H-pyrrole nitrogens is 1. The van der Waals surface area contributed by atoms with Crippen molar-refractivity contribution in [3.8, 4) is 5.75 Å². The summed E-state index contributed by atoms with van der Waals surface area (Å²) < 4.78 is 0.944. The van der Waals surface area contributed by atoms with E-state index in [9.17, 15) is 5.11 Å². The maximum absolute atomic E-state index is 9.37. The molecular formula is C7H7N3OS. The van der Waals surface area contributed by atoms with Gasteiger partial charge >= 0.3 is 0 Å². The van der Waals surface area contributed by atoms with E-state index in [-0.39, 0.29) is 5.75 Å². The number of aromatic hydroxyl groups is 1. The lowest BCUT2D eigenvalue weighted by atomic mass is 10.3. The Morgan fingerprint density at radius 2 is 2.33 bits per heavy atom. The van der Waals surface area contributed by atoms with Gasteiger partial charge in [-0.05, 0) is 12.1 Å². The summed E-state index contributed by atoms with van der Waals surface area (Å²) in [5.74, 6) is 5.31. The standard InChI is InChI=1S/C7H7N3OS/c8-10-7-9-6-4(11)2-1-3-5(6)12-7/h1-3,11H,8H2,(H,9,10). The molecule has 0 amide bonds. The lowest BCUT2D eigenvalue weighted by molar-refractivity contribution is 0.480. The Bertz CT molecular complexity index is 471. The highest BCUT2D eigenvalue weighted by Gasteiger charge is 2.00. The van der Waals surface area contributed by atoms with Crippen LogP contribution in [-0.4, -0.2) is 10.1 Å². The fourth-order valence-electron chi connectivity index (χ4n) is 1.03. The highest BCUT2D eigenvalue weighted by atomic mass is 32.1. The van der Waals surface area contributed by atoms with Crippen LogP contribution in [0.25, 0.3) is 10.2 Å². The quantitative estimate of drug-likeness (QED) is 0.413. The average molecular weight is 181 g/mol. The normalized spacial score (nSPS) is 12.5. The average Bonchev–Trinajstić information content (AvgIpc) is 2.49. The molecule has 62 valence electrons. The van der Waals surface area contributed by atoms with Crippen LogP contribution in [0.5, 0.6) is 5.75 Å². The molecule has 0 unspecified atom stereocenters. The van der Waals surface area contributed by atoms with Gasteiger partial charge in [-0.1, -0.05) is 17.4 Å². The first-order valence-electron chi connectivity index (χ1n) is 3.36. The third kappa shape index (κ3) is 0.947. The zero-order valence-corrected chi connectivity index (χ0v) is 6.93. The molecule has 12 heavy (non-hydrogen) atoms. The van der Waals surface area contributed by atoms with Crippen molar-refractivity contribution in [3.63, 3.8) is 0 Å². The van der Waals surface area contributed by atoms with E-state index in [0.717, 1.165) is 4.70 Å². The number of rotatable bonds is 0. The van der Waals surface area contributed by atoms with Crippen LogP contribution in [0.4, 0.5) is 0 Å². The first-order valence-corrected chi connectivity index (χ1v) is 4.17. The molecule has 2 rings (SSSR count). The van der Waals surface area contributed by atoms with E-state index in [0.29, 0.717) is 10.3 Å². The molecule has 0 aliphatic rings. The van der Waals surface area contributed by atoms with Crippen molar-refractivity contribution < 1.29 is 5.11 Å². The summed E-state index contributed by atoms with van der Waals surface area (Å²) in [6.45, 7) is 0. The second kappa shape index (κ2) is 2.53. The minimum Gasteiger partial charge on any atom is -0.506 e. The third-order valence-electron chi connectivity index (χ3n) is 1.56. The Hall–Kier alpha value is -1.49. The molecule has 2 aromatic rings. The number of aromatic nitrogens is 1. The number of nitrogens with two attached hydrogens (primary N) is 1. The molecule has 5 heteroatoms. The number of hydrogen-bond acceptors (Lipinski definition) is 4. The lowest BCUT2D eigenvalue weighted by Crippen LogP contribution is -2.00. The smallest absolute Gasteiger partial charge is 0.206 e. The van der Waals surface area contributed by atoms with Crippen molar-refractivity contribution in [2.45, 2.75) is 0 Å². The highest BCUT2D eigenvalue weighted by molar-refractivity contribution is 7.16. The predicted molar refractivity (Wildman–Crippen MR) is 47.6 cm³/mol. The van der Waals surface area contributed by atoms with Crippen molar-refractivity contribution in [1.29, 1.82) is 0 Å². The van der Waals surface area contributed by atoms with Gasteiger partial charge in [0.1, 0.15) is 11.3 Å². The van der Waals surface area contributed by atoms with Gasteiger partial charge in [-0.3, -0.25) is 0 Å². The Kier molecular flexibility index (Phi) is 1.51. The second-order valence-corrected chi connectivity index (χ2v) is 3.34. The van der Waals surface area contributed by atoms with Crippen LogP contribution in [0.3, 0.4) is 0 Å². The van der Waals surface area contributed by atoms with Gasteiger partial charge in [0, 0.05) is 0 Å². The van der Waals surface area contributed by atoms with Gasteiger partial charge in [-0.2, -0.15) is 5.10 Å². The van der Waals surface area contributed by atoms with E-state index in [1.807, 2.05) is 6.07 Å². The SMILES string of the molecule is N/N=c1/[nH]c2c(O)cccc2s1. The minimum atomic E-state index is 0.221. The molecule has 1 heterocycles. The number of phenolic OH excluding ortho intramolecular Hbond substituents is 1. The van der Waals surface area contributed by atoms with Crippen molar-refractivity contribution in [3.05, 3.63) is 23.0 Å². The number of para-hydroxylation sites is 1. The largest absolute Gasteiger partial charge is 0.506 e. The Morgan fingerprint density at radius 3 is 3.00 bits per heavy atom. The van der Waals surface area contributed by atoms with Crippen molar-refractivity contribution in [2.75, 3.05) is 0 Å². The third-order valence-corrected chi connectivity index (χ3v) is 2.52. The summed E-state index contributed by atoms with van der Waals surface area (Å²) in [7, 11) is 0. The van der Waals surface area contributed by atoms with Gasteiger partial charge in [0.15, 0.2) is 0 Å². The van der Waals surface area contributed by atoms with Gasteiger partial charge in [-0.15, -0.1) is 0 Å². The van der Waals surface area contributed by atoms with Crippen molar-refractivity contribution in [1.82, 2.24) is 4.98 Å². The summed E-state index contributed by atoms with van der Waals surface area (Å²) in [6, 6.07) is 5.29. The molecule has 0 spiro atoms. The van der Waals surface area contributed by atoms with Gasteiger partial charge in [0.05, 0.1) is 4.70 Å². The maximum Gasteiger partial charge on any atom is 0.206 e. The fraction of sp³-hybridized carbons (Fsp3) is 0. The molecule has 0 aliphatic heterocycles. The van der Waals surface area contributed by atoms with Crippen LogP contribution in [0.1, 0.15) is 0 Å². The van der Waals surface area contributed by atoms with Gasteiger partial charge in [-0.25, -0.2) is 0 Å². The number of aromatic amines is 1. The van der Waals surface area contributed by atoms with Crippen LogP contribution in [0.2, 0.25) is 0 Å². The number of thiazole rings is 1. The first kappa shape index (κ1) is 7.17. The summed E-state index contributed by atoms with van der Waals surface area (Å²) >= 11 is 1.40. The van der Waals surface area contributed by atoms with Crippen LogP contribution in [0, 0.1) is 0 Å². The molecule has 0 aliphatic carbocycles. The monoisotopic (exact) mass is 181 g/mol. The fourth-order valence-corrected chi connectivity index (χ4v) is 1.84. The van der Waals surface area contributed by atoms with Crippen molar-refractivity contribution >= 4 is 21.6 Å². The lowest BCUT2D eigenvalue weighted by Gasteiger charge is -1.90. The maximum atomic E-state index is 9.37. The molecule has 1 aromatic carbocycles. The molecule has 0 atom stereocenters. The van der Waals surface area contributed by atoms with E-state index in [1.54, 1.807) is 12.1 Å². The Balaban J connectivity index is 2.92.